The molecule has 1 aliphatic carbocycles. The Balaban J connectivity index is 1.49. The van der Waals surface area contributed by atoms with Gasteiger partial charge in [0.2, 0.25) is 0 Å². The van der Waals surface area contributed by atoms with Crippen molar-refractivity contribution in [1.82, 2.24) is 25.8 Å². The van der Waals surface area contributed by atoms with Gasteiger partial charge in [0.25, 0.3) is 0 Å². The first-order valence-corrected chi connectivity index (χ1v) is 10.0. The predicted octanol–water partition coefficient (Wildman–Crippen LogP) is 2.00. The van der Waals surface area contributed by atoms with Crippen molar-refractivity contribution >= 4 is 12.1 Å². The zero-order valence-electron chi connectivity index (χ0n) is 15.7. The number of nitrogens with zero attached hydrogens (tertiary/aromatic N) is 2. The van der Waals surface area contributed by atoms with E-state index in [1.165, 1.54) is 37.0 Å². The van der Waals surface area contributed by atoms with Crippen molar-refractivity contribution < 1.29 is 14.0 Å². The first kappa shape index (κ1) is 19.4. The minimum Gasteiger partial charge on any atom is -0.305 e. The number of imide groups is 1. The quantitative estimate of drug-likeness (QED) is 0.669. The molecule has 3 N–H and O–H groups in total. The predicted molar refractivity (Wildman–Crippen MR) is 97.3 cm³/mol. The lowest BCUT2D eigenvalue weighted by Gasteiger charge is -2.42. The second kappa shape index (κ2) is 8.99. The van der Waals surface area contributed by atoms with Gasteiger partial charge in [-0.05, 0) is 38.5 Å². The molecule has 0 spiro atoms. The van der Waals surface area contributed by atoms with Crippen molar-refractivity contribution in [2.75, 3.05) is 26.3 Å². The zero-order valence-corrected chi connectivity index (χ0v) is 15.7. The van der Waals surface area contributed by atoms with Crippen LogP contribution in [0.4, 0.5) is 14.0 Å². The van der Waals surface area contributed by atoms with Crippen molar-refractivity contribution in [1.29, 1.82) is 0 Å². The Morgan fingerprint density at radius 1 is 1.08 bits per heavy atom. The molecule has 7 nitrogen and oxygen atoms in total. The van der Waals surface area contributed by atoms with E-state index in [1.54, 1.807) is 0 Å². The number of halogens is 1. The molecule has 3 fully saturated rings. The number of urea groups is 2. The van der Waals surface area contributed by atoms with Gasteiger partial charge in [0.1, 0.15) is 6.67 Å². The van der Waals surface area contributed by atoms with Crippen LogP contribution in [0.15, 0.2) is 0 Å². The second-order valence-electron chi connectivity index (χ2n) is 7.82. The summed E-state index contributed by atoms with van der Waals surface area (Å²) in [6.45, 7) is 3.62. The number of likely N-dealkylation sites (tertiary alicyclic amines) is 1. The Labute approximate surface area is 155 Å². The van der Waals surface area contributed by atoms with Crippen LogP contribution in [0.2, 0.25) is 0 Å². The largest absolute Gasteiger partial charge is 0.328 e. The van der Waals surface area contributed by atoms with Gasteiger partial charge in [0.15, 0.2) is 6.29 Å². The van der Waals surface area contributed by atoms with Gasteiger partial charge >= 0.3 is 12.1 Å². The number of piperidine rings is 1. The minimum absolute atomic E-state index is 0.123. The van der Waals surface area contributed by atoms with Gasteiger partial charge in [0, 0.05) is 31.7 Å². The number of carbonyl (C=O) groups excluding carboxylic acids is 2. The van der Waals surface area contributed by atoms with Crippen LogP contribution in [0.1, 0.15) is 51.9 Å². The van der Waals surface area contributed by atoms with Crippen LogP contribution in [0.5, 0.6) is 0 Å². The average Bonchev–Trinajstić information content (AvgIpc) is 2.63. The highest BCUT2D eigenvalue weighted by Gasteiger charge is 2.38. The number of hydrogen-bond donors (Lipinski definition) is 3. The molecule has 2 saturated heterocycles. The SMILES string of the molecule is C[C@H](NC1NC(=O)N(C2CCN(CCF)CC2)C(=O)N1)C1CCCCC1. The Kier molecular flexibility index (Phi) is 6.69. The van der Waals surface area contributed by atoms with E-state index in [4.69, 9.17) is 0 Å². The molecule has 148 valence electrons. The summed E-state index contributed by atoms with van der Waals surface area (Å²) in [7, 11) is 0. The van der Waals surface area contributed by atoms with Gasteiger partial charge in [-0.25, -0.2) is 18.9 Å². The summed E-state index contributed by atoms with van der Waals surface area (Å²) in [6.07, 6.45) is 7.09. The summed E-state index contributed by atoms with van der Waals surface area (Å²) in [5.74, 6) is 0.593. The molecule has 0 aromatic heterocycles. The molecule has 0 aromatic carbocycles. The standard InChI is InChI=1S/C18H32FN5O2/c1-13(14-5-3-2-4-6-14)20-16-21-17(25)24(18(26)22-16)15-7-10-23(11-8-15)12-9-19/h13-16,20H,2-12H2,1H3,(H,21,25)(H,22,26)/t13-/m0/s1. The van der Waals surface area contributed by atoms with Crippen LogP contribution in [0.25, 0.3) is 0 Å². The molecule has 3 rings (SSSR count). The molecule has 0 unspecified atom stereocenters. The lowest BCUT2D eigenvalue weighted by molar-refractivity contribution is 0.106. The van der Waals surface area contributed by atoms with E-state index in [1.807, 2.05) is 4.90 Å². The molecule has 26 heavy (non-hydrogen) atoms. The van der Waals surface area contributed by atoms with Gasteiger partial charge in [-0.3, -0.25) is 5.32 Å². The summed E-state index contributed by atoms with van der Waals surface area (Å²) in [5, 5.41) is 9.10. The molecule has 0 radical (unpaired) electrons. The third kappa shape index (κ3) is 4.65. The summed E-state index contributed by atoms with van der Waals surface area (Å²) in [4.78, 5) is 28.4. The molecule has 3 aliphatic rings. The van der Waals surface area contributed by atoms with Gasteiger partial charge in [-0.15, -0.1) is 0 Å². The fourth-order valence-electron chi connectivity index (χ4n) is 4.48. The zero-order chi connectivity index (χ0) is 18.5. The first-order valence-electron chi connectivity index (χ1n) is 10.0. The normalized spacial score (nSPS) is 25.8. The van der Waals surface area contributed by atoms with Crippen LogP contribution < -0.4 is 16.0 Å². The first-order chi connectivity index (χ1) is 12.6. The topological polar surface area (TPSA) is 76.7 Å². The molecule has 8 heteroatoms. The lowest BCUT2D eigenvalue weighted by Crippen LogP contribution is -2.71. The van der Waals surface area contributed by atoms with Crippen molar-refractivity contribution in [3.05, 3.63) is 0 Å². The van der Waals surface area contributed by atoms with E-state index in [0.717, 1.165) is 0 Å². The monoisotopic (exact) mass is 369 g/mol. The molecule has 4 amide bonds. The van der Waals surface area contributed by atoms with Crippen LogP contribution in [0.3, 0.4) is 0 Å². The number of carbonyl (C=O) groups is 2. The van der Waals surface area contributed by atoms with Crippen molar-refractivity contribution in [2.45, 2.75) is 70.2 Å². The molecule has 0 bridgehead atoms. The summed E-state index contributed by atoms with van der Waals surface area (Å²) < 4.78 is 12.4. The van der Waals surface area contributed by atoms with Crippen LogP contribution in [-0.2, 0) is 0 Å². The van der Waals surface area contributed by atoms with Crippen LogP contribution >= 0.6 is 0 Å². The maximum Gasteiger partial charge on any atom is 0.328 e. The Morgan fingerprint density at radius 3 is 2.27 bits per heavy atom. The fraction of sp³-hybridized carbons (Fsp3) is 0.889. The van der Waals surface area contributed by atoms with Crippen molar-refractivity contribution in [2.24, 2.45) is 5.92 Å². The lowest BCUT2D eigenvalue weighted by atomic mass is 9.84. The van der Waals surface area contributed by atoms with Crippen molar-refractivity contribution in [3.63, 3.8) is 0 Å². The highest BCUT2D eigenvalue weighted by Crippen LogP contribution is 2.26. The molecule has 1 atom stereocenters. The van der Waals surface area contributed by atoms with E-state index >= 15 is 0 Å². The number of amides is 4. The van der Waals surface area contributed by atoms with Crippen LogP contribution in [0, 0.1) is 5.92 Å². The van der Waals surface area contributed by atoms with Gasteiger partial charge in [-0.1, -0.05) is 19.3 Å². The number of rotatable bonds is 6. The Hall–Kier alpha value is -1.41. The summed E-state index contributed by atoms with van der Waals surface area (Å²) in [5.41, 5.74) is 0. The third-order valence-corrected chi connectivity index (χ3v) is 6.08. The van der Waals surface area contributed by atoms with E-state index in [2.05, 4.69) is 22.9 Å². The smallest absolute Gasteiger partial charge is 0.305 e. The maximum absolute atomic E-state index is 12.5. The molecular weight excluding hydrogens is 337 g/mol. The van der Waals surface area contributed by atoms with Crippen LogP contribution in [-0.4, -0.2) is 66.5 Å². The van der Waals surface area contributed by atoms with Gasteiger partial charge < -0.3 is 15.5 Å². The maximum atomic E-state index is 12.5. The molecule has 0 aromatic rings. The molecule has 2 aliphatic heterocycles. The average molecular weight is 369 g/mol. The Morgan fingerprint density at radius 2 is 1.69 bits per heavy atom. The van der Waals surface area contributed by atoms with E-state index in [-0.39, 0.29) is 30.8 Å². The number of hydrogen-bond acceptors (Lipinski definition) is 4. The number of nitrogens with one attached hydrogen (secondary N) is 3. The summed E-state index contributed by atoms with van der Waals surface area (Å²) >= 11 is 0. The van der Waals surface area contributed by atoms with E-state index in [9.17, 15) is 14.0 Å². The van der Waals surface area contributed by atoms with E-state index in [0.29, 0.717) is 38.4 Å². The van der Waals surface area contributed by atoms with Gasteiger partial charge in [0.05, 0.1) is 0 Å². The fourth-order valence-corrected chi connectivity index (χ4v) is 4.48. The minimum atomic E-state index is -0.519. The highest BCUT2D eigenvalue weighted by atomic mass is 19.1. The second-order valence-corrected chi connectivity index (χ2v) is 7.82. The third-order valence-electron chi connectivity index (χ3n) is 6.08. The number of alkyl halides is 1. The van der Waals surface area contributed by atoms with Gasteiger partial charge in [-0.2, -0.15) is 0 Å². The Bertz CT molecular complexity index is 474. The van der Waals surface area contributed by atoms with Crippen molar-refractivity contribution in [3.8, 4) is 0 Å². The molecular formula is C18H32FN5O2. The molecule has 1 saturated carbocycles. The summed E-state index contributed by atoms with van der Waals surface area (Å²) in [6, 6.07) is -0.559. The van der Waals surface area contributed by atoms with E-state index < -0.39 is 6.29 Å². The highest BCUT2D eigenvalue weighted by molar-refractivity contribution is 5.96. The molecule has 2 heterocycles.